The minimum absolute atomic E-state index is 0.413. The molecule has 0 amide bonds. The Bertz CT molecular complexity index is 1010. The van der Waals surface area contributed by atoms with Crippen LogP contribution in [-0.4, -0.2) is 16.1 Å². The van der Waals surface area contributed by atoms with E-state index in [-0.39, 0.29) is 0 Å². The van der Waals surface area contributed by atoms with Crippen LogP contribution in [0.5, 0.6) is 0 Å². The predicted octanol–water partition coefficient (Wildman–Crippen LogP) is 4.72. The molecule has 0 saturated heterocycles. The van der Waals surface area contributed by atoms with Crippen LogP contribution in [-0.2, 0) is 17.8 Å². The van der Waals surface area contributed by atoms with Crippen LogP contribution in [0.3, 0.4) is 0 Å². The minimum Gasteiger partial charge on any atom is -0.478 e. The number of hydrogen-bond donors (Lipinski definition) is 2. The number of rotatable bonds is 6. The molecule has 1 heterocycles. The zero-order valence-corrected chi connectivity index (χ0v) is 15.7. The minimum atomic E-state index is -0.965. The molecule has 3 rings (SSSR count). The van der Waals surface area contributed by atoms with Crippen molar-refractivity contribution in [1.29, 1.82) is 0 Å². The molecule has 0 aliphatic heterocycles. The van der Waals surface area contributed by atoms with Crippen LogP contribution in [0.4, 0.5) is 0 Å². The van der Waals surface area contributed by atoms with Crippen molar-refractivity contribution < 1.29 is 9.90 Å². The Kier molecular flexibility index (Phi) is 5.67. The van der Waals surface area contributed by atoms with E-state index in [1.807, 2.05) is 18.2 Å². The lowest BCUT2D eigenvalue weighted by molar-refractivity contribution is -0.131. The van der Waals surface area contributed by atoms with E-state index in [1.54, 1.807) is 6.08 Å². The second kappa shape index (κ2) is 8.14. The molecule has 4 nitrogen and oxygen atoms in total. The lowest BCUT2D eigenvalue weighted by Crippen LogP contribution is -2.07. The Morgan fingerprint density at radius 2 is 1.93 bits per heavy atom. The van der Waals surface area contributed by atoms with Crippen molar-refractivity contribution in [1.82, 2.24) is 4.98 Å². The molecule has 0 aliphatic carbocycles. The molecule has 2 aromatic carbocycles. The van der Waals surface area contributed by atoms with Gasteiger partial charge in [-0.05, 0) is 53.8 Å². The Balaban J connectivity index is 2.32. The molecular weight excluding hydrogens is 336 g/mol. The van der Waals surface area contributed by atoms with Gasteiger partial charge in [-0.25, -0.2) is 4.79 Å². The van der Waals surface area contributed by atoms with E-state index in [9.17, 15) is 4.79 Å². The van der Waals surface area contributed by atoms with Gasteiger partial charge >= 0.3 is 5.97 Å². The maximum Gasteiger partial charge on any atom is 0.328 e. The normalized spacial score (nSPS) is 11.4. The number of nitrogens with two attached hydrogens (primary N) is 1. The molecule has 27 heavy (non-hydrogen) atoms. The molecular formula is C23H24N2O2. The van der Waals surface area contributed by atoms with Gasteiger partial charge in [-0.1, -0.05) is 49.2 Å². The summed E-state index contributed by atoms with van der Waals surface area (Å²) >= 11 is 0. The number of aromatic nitrogens is 1. The van der Waals surface area contributed by atoms with E-state index in [0.29, 0.717) is 6.54 Å². The van der Waals surface area contributed by atoms with Gasteiger partial charge in [0.15, 0.2) is 0 Å². The van der Waals surface area contributed by atoms with Crippen molar-refractivity contribution in [2.24, 2.45) is 5.73 Å². The monoisotopic (exact) mass is 360 g/mol. The van der Waals surface area contributed by atoms with Gasteiger partial charge < -0.3 is 10.8 Å². The third-order valence-corrected chi connectivity index (χ3v) is 4.65. The molecule has 0 unspecified atom stereocenters. The Morgan fingerprint density at radius 3 is 2.56 bits per heavy atom. The predicted molar refractivity (Wildman–Crippen MR) is 110 cm³/mol. The van der Waals surface area contributed by atoms with Gasteiger partial charge in [0.1, 0.15) is 0 Å². The van der Waals surface area contributed by atoms with Crippen LogP contribution < -0.4 is 5.73 Å². The number of carboxylic acid groups (broad SMARTS) is 1. The summed E-state index contributed by atoms with van der Waals surface area (Å²) in [6.45, 7) is 4.61. The number of aliphatic carboxylic acids is 1. The highest BCUT2D eigenvalue weighted by Gasteiger charge is 2.15. The maximum atomic E-state index is 10.9. The SMILES string of the molecule is CCCc1nc2ccc(/C=C/C(=O)O)cc2c(-c2ccc(C)cc2)c1CN. The zero-order chi connectivity index (χ0) is 19.4. The smallest absolute Gasteiger partial charge is 0.328 e. The average molecular weight is 360 g/mol. The molecule has 0 bridgehead atoms. The molecule has 0 spiro atoms. The van der Waals surface area contributed by atoms with Gasteiger partial charge in [0, 0.05) is 23.7 Å². The number of hydrogen-bond acceptors (Lipinski definition) is 3. The third-order valence-electron chi connectivity index (χ3n) is 4.65. The fourth-order valence-corrected chi connectivity index (χ4v) is 3.36. The highest BCUT2D eigenvalue weighted by atomic mass is 16.4. The molecule has 0 atom stereocenters. The van der Waals surface area contributed by atoms with E-state index in [4.69, 9.17) is 15.8 Å². The van der Waals surface area contributed by atoms with E-state index in [0.717, 1.165) is 57.8 Å². The fraction of sp³-hybridized carbons (Fsp3) is 0.217. The Morgan fingerprint density at radius 1 is 1.19 bits per heavy atom. The van der Waals surface area contributed by atoms with Crippen molar-refractivity contribution in [2.45, 2.75) is 33.2 Å². The van der Waals surface area contributed by atoms with Crippen molar-refractivity contribution in [2.75, 3.05) is 0 Å². The molecule has 1 aromatic heterocycles. The first-order chi connectivity index (χ1) is 13.0. The van der Waals surface area contributed by atoms with Crippen molar-refractivity contribution >= 4 is 22.9 Å². The quantitative estimate of drug-likeness (QED) is 0.624. The summed E-state index contributed by atoms with van der Waals surface area (Å²) in [7, 11) is 0. The molecule has 3 N–H and O–H groups in total. The third kappa shape index (κ3) is 4.07. The molecule has 3 aromatic rings. The summed E-state index contributed by atoms with van der Waals surface area (Å²) < 4.78 is 0. The van der Waals surface area contributed by atoms with Crippen LogP contribution in [0.1, 0.15) is 35.7 Å². The van der Waals surface area contributed by atoms with Crippen molar-refractivity contribution in [3.8, 4) is 11.1 Å². The van der Waals surface area contributed by atoms with Gasteiger partial charge in [0.05, 0.1) is 5.52 Å². The van der Waals surface area contributed by atoms with Gasteiger partial charge in [-0.15, -0.1) is 0 Å². The van der Waals surface area contributed by atoms with E-state index in [1.165, 1.54) is 5.56 Å². The molecule has 138 valence electrons. The maximum absolute atomic E-state index is 10.9. The summed E-state index contributed by atoms with van der Waals surface area (Å²) in [5.74, 6) is -0.965. The summed E-state index contributed by atoms with van der Waals surface area (Å²) in [5.41, 5.74) is 13.4. The van der Waals surface area contributed by atoms with Crippen molar-refractivity contribution in [3.05, 3.63) is 70.9 Å². The first-order valence-electron chi connectivity index (χ1n) is 9.17. The highest BCUT2D eigenvalue weighted by molar-refractivity contribution is 5.98. The van der Waals surface area contributed by atoms with Gasteiger partial charge in [-0.3, -0.25) is 4.98 Å². The first kappa shape index (κ1) is 18.8. The van der Waals surface area contributed by atoms with E-state index < -0.39 is 5.97 Å². The van der Waals surface area contributed by atoms with Gasteiger partial charge in [-0.2, -0.15) is 0 Å². The Labute approximate surface area is 159 Å². The van der Waals surface area contributed by atoms with E-state index in [2.05, 4.69) is 38.1 Å². The van der Waals surface area contributed by atoms with Crippen LogP contribution >= 0.6 is 0 Å². The first-order valence-corrected chi connectivity index (χ1v) is 9.17. The number of pyridine rings is 1. The fourth-order valence-electron chi connectivity index (χ4n) is 3.36. The number of fused-ring (bicyclic) bond motifs is 1. The second-order valence-electron chi connectivity index (χ2n) is 6.68. The van der Waals surface area contributed by atoms with Crippen LogP contribution in [0.25, 0.3) is 28.1 Å². The van der Waals surface area contributed by atoms with Gasteiger partial charge in [0.25, 0.3) is 0 Å². The van der Waals surface area contributed by atoms with Gasteiger partial charge in [0.2, 0.25) is 0 Å². The topological polar surface area (TPSA) is 76.2 Å². The number of aryl methyl sites for hydroxylation is 2. The Hall–Kier alpha value is -2.98. The standard InChI is InChI=1S/C23H24N2O2/c1-3-4-20-19(14-24)23(17-9-5-15(2)6-10-17)18-13-16(8-12-22(26)27)7-11-21(18)25-20/h5-13H,3-4,14,24H2,1-2H3,(H,26,27)/b12-8+. The second-order valence-corrected chi connectivity index (χ2v) is 6.68. The van der Waals surface area contributed by atoms with Crippen LogP contribution in [0.15, 0.2) is 48.5 Å². The molecule has 0 fully saturated rings. The zero-order valence-electron chi connectivity index (χ0n) is 15.7. The number of carboxylic acids is 1. The summed E-state index contributed by atoms with van der Waals surface area (Å²) in [4.78, 5) is 15.7. The molecule has 0 saturated carbocycles. The van der Waals surface area contributed by atoms with Crippen molar-refractivity contribution in [3.63, 3.8) is 0 Å². The summed E-state index contributed by atoms with van der Waals surface area (Å²) in [6.07, 6.45) is 4.62. The number of benzene rings is 2. The molecule has 0 radical (unpaired) electrons. The van der Waals surface area contributed by atoms with Crippen LogP contribution in [0, 0.1) is 6.92 Å². The molecule has 0 aliphatic rings. The average Bonchev–Trinajstić information content (AvgIpc) is 2.66. The molecule has 4 heteroatoms. The summed E-state index contributed by atoms with van der Waals surface area (Å²) in [5, 5.41) is 9.90. The van der Waals surface area contributed by atoms with E-state index >= 15 is 0 Å². The number of nitrogens with zero attached hydrogens (tertiary/aromatic N) is 1. The lowest BCUT2D eigenvalue weighted by atomic mass is 9.91. The van der Waals surface area contributed by atoms with Crippen LogP contribution in [0.2, 0.25) is 0 Å². The lowest BCUT2D eigenvalue weighted by Gasteiger charge is -2.17. The highest BCUT2D eigenvalue weighted by Crippen LogP contribution is 2.34. The number of carbonyl (C=O) groups is 1. The largest absolute Gasteiger partial charge is 0.478 e. The summed E-state index contributed by atoms with van der Waals surface area (Å²) in [6, 6.07) is 14.2.